The van der Waals surface area contributed by atoms with Gasteiger partial charge in [-0.15, -0.1) is 0 Å². The molecular formula is C12H8ClFN2OS. The number of nitrogens with two attached hydrogens (primary N) is 1. The van der Waals surface area contributed by atoms with Crippen molar-refractivity contribution in [1.82, 2.24) is 4.98 Å². The van der Waals surface area contributed by atoms with Crippen LogP contribution in [0.4, 0.5) is 4.39 Å². The molecule has 0 aliphatic carbocycles. The second-order valence-electron chi connectivity index (χ2n) is 3.42. The van der Waals surface area contributed by atoms with Gasteiger partial charge in [0.25, 0.3) is 0 Å². The third-order valence-electron chi connectivity index (χ3n) is 2.13. The van der Waals surface area contributed by atoms with E-state index in [1.54, 1.807) is 12.1 Å². The summed E-state index contributed by atoms with van der Waals surface area (Å²) in [5.41, 5.74) is 6.14. The van der Waals surface area contributed by atoms with Crippen LogP contribution < -0.4 is 10.5 Å². The number of hydrogen-bond acceptors (Lipinski definition) is 3. The lowest BCUT2D eigenvalue weighted by Crippen LogP contribution is -2.09. The fourth-order valence-corrected chi connectivity index (χ4v) is 1.58. The number of ether oxygens (including phenoxy) is 1. The van der Waals surface area contributed by atoms with Gasteiger partial charge in [0.05, 0.1) is 5.02 Å². The van der Waals surface area contributed by atoms with Crippen molar-refractivity contribution in [2.45, 2.75) is 0 Å². The van der Waals surface area contributed by atoms with Crippen LogP contribution in [0.1, 0.15) is 5.56 Å². The molecule has 0 fully saturated rings. The summed E-state index contributed by atoms with van der Waals surface area (Å²) in [6.45, 7) is 0. The number of halogens is 2. The zero-order valence-corrected chi connectivity index (χ0v) is 10.6. The van der Waals surface area contributed by atoms with E-state index in [-0.39, 0.29) is 10.0 Å². The van der Waals surface area contributed by atoms with Gasteiger partial charge in [0, 0.05) is 23.9 Å². The van der Waals surface area contributed by atoms with E-state index in [0.717, 1.165) is 0 Å². The molecule has 2 aromatic rings. The number of aromatic nitrogens is 1. The summed E-state index contributed by atoms with van der Waals surface area (Å²) in [6.07, 6.45) is 1.52. The van der Waals surface area contributed by atoms with E-state index < -0.39 is 5.82 Å². The highest BCUT2D eigenvalue weighted by atomic mass is 35.5. The maximum atomic E-state index is 13.0. The molecule has 0 atom stereocenters. The van der Waals surface area contributed by atoms with Gasteiger partial charge in [0.15, 0.2) is 0 Å². The minimum absolute atomic E-state index is 0.0157. The minimum Gasteiger partial charge on any atom is -0.439 e. The van der Waals surface area contributed by atoms with Gasteiger partial charge in [-0.1, -0.05) is 23.8 Å². The van der Waals surface area contributed by atoms with Crippen molar-refractivity contribution in [3.63, 3.8) is 0 Å². The molecule has 0 aliphatic heterocycles. The van der Waals surface area contributed by atoms with Crippen LogP contribution in [-0.2, 0) is 0 Å². The van der Waals surface area contributed by atoms with Crippen molar-refractivity contribution in [3.05, 3.63) is 52.9 Å². The molecule has 2 N–H and O–H groups in total. The second kappa shape index (κ2) is 5.29. The highest BCUT2D eigenvalue weighted by Gasteiger charge is 2.05. The molecular weight excluding hydrogens is 275 g/mol. The average molecular weight is 283 g/mol. The first kappa shape index (κ1) is 12.7. The van der Waals surface area contributed by atoms with Gasteiger partial charge in [0.1, 0.15) is 16.6 Å². The monoisotopic (exact) mass is 282 g/mol. The van der Waals surface area contributed by atoms with Crippen molar-refractivity contribution in [2.75, 3.05) is 0 Å². The number of rotatable bonds is 3. The molecule has 0 radical (unpaired) electrons. The lowest BCUT2D eigenvalue weighted by atomic mass is 10.3. The summed E-state index contributed by atoms with van der Waals surface area (Å²) in [5, 5.41) is -0.0157. The Morgan fingerprint density at radius 3 is 2.78 bits per heavy atom. The van der Waals surface area contributed by atoms with Gasteiger partial charge in [-0.2, -0.15) is 0 Å². The molecule has 0 bridgehead atoms. The van der Waals surface area contributed by atoms with E-state index in [4.69, 9.17) is 34.3 Å². The van der Waals surface area contributed by atoms with E-state index >= 15 is 0 Å². The number of pyridine rings is 1. The Kier molecular flexibility index (Phi) is 3.74. The SMILES string of the molecule is NC(=S)c1ccnc(Oc2ccc(F)c(Cl)c2)c1. The number of benzene rings is 1. The van der Waals surface area contributed by atoms with Crippen LogP contribution in [0.25, 0.3) is 0 Å². The predicted molar refractivity (Wildman–Crippen MR) is 71.6 cm³/mol. The topological polar surface area (TPSA) is 48.1 Å². The third-order valence-corrected chi connectivity index (χ3v) is 2.66. The smallest absolute Gasteiger partial charge is 0.219 e. The summed E-state index contributed by atoms with van der Waals surface area (Å²) in [6, 6.07) is 7.31. The van der Waals surface area contributed by atoms with E-state index in [1.165, 1.54) is 24.4 Å². The summed E-state index contributed by atoms with van der Waals surface area (Å²) in [7, 11) is 0. The first-order valence-electron chi connectivity index (χ1n) is 4.95. The van der Waals surface area contributed by atoms with Crippen molar-refractivity contribution in [3.8, 4) is 11.6 Å². The summed E-state index contributed by atoms with van der Waals surface area (Å²) in [5.74, 6) is 0.186. The number of hydrogen-bond donors (Lipinski definition) is 1. The molecule has 0 unspecified atom stereocenters. The van der Waals surface area contributed by atoms with E-state index in [2.05, 4.69) is 4.98 Å². The van der Waals surface area contributed by atoms with Crippen LogP contribution in [0.3, 0.4) is 0 Å². The van der Waals surface area contributed by atoms with Crippen LogP contribution >= 0.6 is 23.8 Å². The Hall–Kier alpha value is -1.72. The maximum Gasteiger partial charge on any atom is 0.219 e. The van der Waals surface area contributed by atoms with E-state index in [9.17, 15) is 4.39 Å². The lowest BCUT2D eigenvalue weighted by Gasteiger charge is -2.06. The summed E-state index contributed by atoms with van der Waals surface area (Å²) < 4.78 is 18.4. The first-order valence-corrected chi connectivity index (χ1v) is 5.73. The Bertz CT molecular complexity index is 606. The highest BCUT2D eigenvalue weighted by Crippen LogP contribution is 2.25. The van der Waals surface area contributed by atoms with Gasteiger partial charge < -0.3 is 10.5 Å². The molecule has 92 valence electrons. The fraction of sp³-hybridized carbons (Fsp3) is 0. The second-order valence-corrected chi connectivity index (χ2v) is 4.27. The summed E-state index contributed by atoms with van der Waals surface area (Å²) in [4.78, 5) is 4.24. The molecule has 1 aromatic heterocycles. The standard InChI is InChI=1S/C12H8ClFN2OS/c13-9-6-8(1-2-10(9)14)17-11-5-7(12(15)18)3-4-16-11/h1-6H,(H2,15,18). The van der Waals surface area contributed by atoms with Gasteiger partial charge in [-0.05, 0) is 18.2 Å². The Labute approximate surface area is 113 Å². The van der Waals surface area contributed by atoms with Crippen LogP contribution in [0.15, 0.2) is 36.5 Å². The molecule has 18 heavy (non-hydrogen) atoms. The molecule has 0 amide bonds. The highest BCUT2D eigenvalue weighted by molar-refractivity contribution is 7.80. The fourth-order valence-electron chi connectivity index (χ4n) is 1.28. The van der Waals surface area contributed by atoms with E-state index in [1.807, 2.05) is 0 Å². The largest absolute Gasteiger partial charge is 0.439 e. The Morgan fingerprint density at radius 1 is 1.33 bits per heavy atom. The Balaban J connectivity index is 2.25. The normalized spacial score (nSPS) is 10.1. The first-order chi connectivity index (χ1) is 8.56. The average Bonchev–Trinajstić information content (AvgIpc) is 2.34. The summed E-state index contributed by atoms with van der Waals surface area (Å²) >= 11 is 10.5. The van der Waals surface area contributed by atoms with Gasteiger partial charge in [-0.3, -0.25) is 0 Å². The minimum atomic E-state index is -0.506. The van der Waals surface area contributed by atoms with Crippen molar-refractivity contribution in [1.29, 1.82) is 0 Å². The van der Waals surface area contributed by atoms with Crippen LogP contribution in [0.5, 0.6) is 11.6 Å². The molecule has 0 spiro atoms. The van der Waals surface area contributed by atoms with Crippen molar-refractivity contribution in [2.24, 2.45) is 5.73 Å². The molecule has 1 aromatic carbocycles. The molecule has 3 nitrogen and oxygen atoms in total. The zero-order chi connectivity index (χ0) is 13.1. The quantitative estimate of drug-likeness (QED) is 0.878. The number of thiocarbonyl (C=S) groups is 1. The maximum absolute atomic E-state index is 13.0. The third kappa shape index (κ3) is 2.94. The van der Waals surface area contributed by atoms with E-state index in [0.29, 0.717) is 17.2 Å². The van der Waals surface area contributed by atoms with Crippen LogP contribution in [0.2, 0.25) is 5.02 Å². The molecule has 6 heteroatoms. The van der Waals surface area contributed by atoms with Gasteiger partial charge in [-0.25, -0.2) is 9.37 Å². The zero-order valence-electron chi connectivity index (χ0n) is 9.06. The predicted octanol–water partition coefficient (Wildman–Crippen LogP) is 3.30. The van der Waals surface area contributed by atoms with Crippen LogP contribution in [0, 0.1) is 5.82 Å². The van der Waals surface area contributed by atoms with Gasteiger partial charge >= 0.3 is 0 Å². The van der Waals surface area contributed by atoms with Crippen molar-refractivity contribution >= 4 is 28.8 Å². The lowest BCUT2D eigenvalue weighted by molar-refractivity contribution is 0.461. The molecule has 1 heterocycles. The van der Waals surface area contributed by atoms with Crippen molar-refractivity contribution < 1.29 is 9.13 Å². The molecule has 0 saturated heterocycles. The Morgan fingerprint density at radius 2 is 2.11 bits per heavy atom. The number of nitrogens with zero attached hydrogens (tertiary/aromatic N) is 1. The molecule has 0 saturated carbocycles. The molecule has 0 aliphatic rings. The van der Waals surface area contributed by atoms with Crippen LogP contribution in [-0.4, -0.2) is 9.97 Å². The van der Waals surface area contributed by atoms with Gasteiger partial charge in [0.2, 0.25) is 5.88 Å². The molecule has 2 rings (SSSR count).